The van der Waals surface area contributed by atoms with E-state index >= 15 is 0 Å². The average molecular weight is 289 g/mol. The highest BCUT2D eigenvalue weighted by Gasteiger charge is 2.22. The normalized spacial score (nSPS) is 12.7. The van der Waals surface area contributed by atoms with Crippen LogP contribution in [-0.4, -0.2) is 31.1 Å². The number of aliphatic hydroxyl groups is 1. The van der Waals surface area contributed by atoms with Gasteiger partial charge in [-0.3, -0.25) is 0 Å². The van der Waals surface area contributed by atoms with Crippen LogP contribution < -0.4 is 4.72 Å². The summed E-state index contributed by atoms with van der Waals surface area (Å²) < 4.78 is 26.7. The van der Waals surface area contributed by atoms with E-state index in [2.05, 4.69) is 4.72 Å². The van der Waals surface area contributed by atoms with Crippen LogP contribution in [0.15, 0.2) is 29.2 Å². The first-order chi connectivity index (χ1) is 8.32. The zero-order chi connectivity index (χ0) is 13.8. The fourth-order valence-electron chi connectivity index (χ4n) is 1.32. The zero-order valence-corrected chi connectivity index (χ0v) is 12.4. The standard InChI is InChI=1S/C12H19NO3S2/c1-12(2,17-3)9-13-18(15,16)11-7-5-4-6-10(11)8-14/h4-7,13-14H,8-9H2,1-3H3. The second-order valence-electron chi connectivity index (χ2n) is 4.55. The lowest BCUT2D eigenvalue weighted by atomic mass is 10.2. The van der Waals surface area contributed by atoms with E-state index in [0.717, 1.165) is 0 Å². The van der Waals surface area contributed by atoms with E-state index in [1.54, 1.807) is 30.0 Å². The van der Waals surface area contributed by atoms with Crippen molar-refractivity contribution in [2.75, 3.05) is 12.8 Å². The highest BCUT2D eigenvalue weighted by Crippen LogP contribution is 2.21. The Labute approximate surface area is 113 Å². The van der Waals surface area contributed by atoms with Gasteiger partial charge in [-0.1, -0.05) is 18.2 Å². The molecular weight excluding hydrogens is 270 g/mol. The van der Waals surface area contributed by atoms with Gasteiger partial charge < -0.3 is 5.11 Å². The molecule has 0 atom stereocenters. The molecule has 2 N–H and O–H groups in total. The minimum Gasteiger partial charge on any atom is -0.392 e. The predicted octanol–water partition coefficient (Wildman–Crippen LogP) is 1.60. The Balaban J connectivity index is 2.94. The Kier molecular flexibility index (Phi) is 5.21. The summed E-state index contributed by atoms with van der Waals surface area (Å²) in [4.78, 5) is 0.143. The average Bonchev–Trinajstić information content (AvgIpc) is 2.37. The molecule has 0 heterocycles. The van der Waals surface area contributed by atoms with E-state index in [-0.39, 0.29) is 16.2 Å². The molecule has 0 aliphatic heterocycles. The Morgan fingerprint density at radius 2 is 1.94 bits per heavy atom. The molecule has 1 aromatic carbocycles. The van der Waals surface area contributed by atoms with Gasteiger partial charge in [0.25, 0.3) is 0 Å². The van der Waals surface area contributed by atoms with Gasteiger partial charge in [0.05, 0.1) is 11.5 Å². The van der Waals surface area contributed by atoms with Crippen LogP contribution in [0.5, 0.6) is 0 Å². The zero-order valence-electron chi connectivity index (χ0n) is 10.8. The molecule has 0 fully saturated rings. The van der Waals surface area contributed by atoms with Crippen LogP contribution in [0, 0.1) is 0 Å². The summed E-state index contributed by atoms with van der Waals surface area (Å²) in [5, 5.41) is 9.16. The molecule has 0 saturated heterocycles. The van der Waals surface area contributed by atoms with Gasteiger partial charge in [0.1, 0.15) is 0 Å². The number of nitrogens with one attached hydrogen (secondary N) is 1. The minimum atomic E-state index is -3.57. The summed E-state index contributed by atoms with van der Waals surface area (Å²) >= 11 is 1.60. The number of aliphatic hydroxyl groups excluding tert-OH is 1. The fourth-order valence-corrected chi connectivity index (χ4v) is 3.07. The van der Waals surface area contributed by atoms with Crippen LogP contribution in [0.2, 0.25) is 0 Å². The number of sulfonamides is 1. The summed E-state index contributed by atoms with van der Waals surface area (Å²) in [7, 11) is -3.57. The monoisotopic (exact) mass is 289 g/mol. The maximum atomic E-state index is 12.1. The molecule has 1 aromatic rings. The van der Waals surface area contributed by atoms with Gasteiger partial charge >= 0.3 is 0 Å². The van der Waals surface area contributed by atoms with E-state index in [4.69, 9.17) is 5.11 Å². The van der Waals surface area contributed by atoms with Crippen molar-refractivity contribution in [2.24, 2.45) is 0 Å². The van der Waals surface area contributed by atoms with Crippen molar-refractivity contribution in [3.63, 3.8) is 0 Å². The lowest BCUT2D eigenvalue weighted by Gasteiger charge is -2.22. The van der Waals surface area contributed by atoms with Crippen molar-refractivity contribution in [1.29, 1.82) is 0 Å². The maximum absolute atomic E-state index is 12.1. The Hall–Kier alpha value is -0.560. The number of hydrogen-bond acceptors (Lipinski definition) is 4. The first-order valence-electron chi connectivity index (χ1n) is 5.56. The lowest BCUT2D eigenvalue weighted by Crippen LogP contribution is -2.36. The molecule has 0 spiro atoms. The van der Waals surface area contributed by atoms with Crippen LogP contribution in [0.1, 0.15) is 19.4 Å². The second-order valence-corrected chi connectivity index (χ2v) is 7.80. The predicted molar refractivity (Wildman–Crippen MR) is 75.1 cm³/mol. The molecular formula is C12H19NO3S2. The summed E-state index contributed by atoms with van der Waals surface area (Å²) in [6, 6.07) is 6.46. The number of hydrogen-bond donors (Lipinski definition) is 2. The summed E-state index contributed by atoms with van der Waals surface area (Å²) in [6.07, 6.45) is 1.94. The van der Waals surface area contributed by atoms with Gasteiger partial charge in [-0.15, -0.1) is 0 Å². The van der Waals surface area contributed by atoms with E-state index in [9.17, 15) is 8.42 Å². The molecule has 0 bridgehead atoms. The molecule has 0 aliphatic carbocycles. The highest BCUT2D eigenvalue weighted by atomic mass is 32.2. The van der Waals surface area contributed by atoms with Gasteiger partial charge in [0.15, 0.2) is 0 Å². The van der Waals surface area contributed by atoms with Crippen molar-refractivity contribution >= 4 is 21.8 Å². The largest absolute Gasteiger partial charge is 0.392 e. The SMILES string of the molecule is CSC(C)(C)CNS(=O)(=O)c1ccccc1CO. The molecule has 4 nitrogen and oxygen atoms in total. The Bertz CT molecular complexity index is 498. The van der Waals surface area contributed by atoms with Crippen molar-refractivity contribution in [3.8, 4) is 0 Å². The molecule has 1 rings (SSSR count). The smallest absolute Gasteiger partial charge is 0.240 e. The minimum absolute atomic E-state index is 0.143. The molecule has 0 radical (unpaired) electrons. The number of benzene rings is 1. The number of rotatable bonds is 6. The van der Waals surface area contributed by atoms with Gasteiger partial charge in [-0.05, 0) is 31.7 Å². The summed E-state index contributed by atoms with van der Waals surface area (Å²) in [5.41, 5.74) is 0.409. The highest BCUT2D eigenvalue weighted by molar-refractivity contribution is 8.00. The molecule has 0 amide bonds. The van der Waals surface area contributed by atoms with Gasteiger partial charge in [0.2, 0.25) is 10.0 Å². The van der Waals surface area contributed by atoms with E-state index < -0.39 is 10.0 Å². The second kappa shape index (κ2) is 6.06. The van der Waals surface area contributed by atoms with E-state index in [1.807, 2.05) is 20.1 Å². The molecule has 0 aromatic heterocycles. The quantitative estimate of drug-likeness (QED) is 0.835. The van der Waals surface area contributed by atoms with Gasteiger partial charge in [-0.2, -0.15) is 11.8 Å². The lowest BCUT2D eigenvalue weighted by molar-refractivity contribution is 0.278. The first-order valence-corrected chi connectivity index (χ1v) is 8.27. The van der Waals surface area contributed by atoms with E-state index in [1.165, 1.54) is 6.07 Å². The molecule has 6 heteroatoms. The van der Waals surface area contributed by atoms with Crippen molar-refractivity contribution in [2.45, 2.75) is 30.1 Å². The molecule has 0 saturated carbocycles. The molecule has 102 valence electrons. The summed E-state index contributed by atoms with van der Waals surface area (Å²) in [5.74, 6) is 0. The van der Waals surface area contributed by atoms with Crippen molar-refractivity contribution < 1.29 is 13.5 Å². The van der Waals surface area contributed by atoms with Gasteiger partial charge in [0, 0.05) is 11.3 Å². The van der Waals surface area contributed by atoms with Crippen molar-refractivity contribution in [3.05, 3.63) is 29.8 Å². The summed E-state index contributed by atoms with van der Waals surface area (Å²) in [6.45, 7) is 4.00. The Morgan fingerprint density at radius 3 is 2.50 bits per heavy atom. The Morgan fingerprint density at radius 1 is 1.33 bits per heavy atom. The number of thioether (sulfide) groups is 1. The maximum Gasteiger partial charge on any atom is 0.240 e. The van der Waals surface area contributed by atoms with Crippen LogP contribution in [-0.2, 0) is 16.6 Å². The first kappa shape index (κ1) is 15.5. The van der Waals surface area contributed by atoms with E-state index in [0.29, 0.717) is 12.1 Å². The molecule has 18 heavy (non-hydrogen) atoms. The van der Waals surface area contributed by atoms with Crippen LogP contribution in [0.4, 0.5) is 0 Å². The van der Waals surface area contributed by atoms with Crippen LogP contribution in [0.25, 0.3) is 0 Å². The van der Waals surface area contributed by atoms with Crippen molar-refractivity contribution in [1.82, 2.24) is 4.72 Å². The molecule has 0 unspecified atom stereocenters. The fraction of sp³-hybridized carbons (Fsp3) is 0.500. The van der Waals surface area contributed by atoms with Gasteiger partial charge in [-0.25, -0.2) is 13.1 Å². The van der Waals surface area contributed by atoms with Crippen LogP contribution in [0.3, 0.4) is 0 Å². The third-order valence-corrected chi connectivity index (χ3v) is 5.42. The van der Waals surface area contributed by atoms with Crippen LogP contribution >= 0.6 is 11.8 Å². The molecule has 0 aliphatic rings. The third kappa shape index (κ3) is 3.98. The topological polar surface area (TPSA) is 66.4 Å². The third-order valence-electron chi connectivity index (χ3n) is 2.67.